The van der Waals surface area contributed by atoms with Gasteiger partial charge in [0.2, 0.25) is 0 Å². The zero-order valence-corrected chi connectivity index (χ0v) is 14.8. The summed E-state index contributed by atoms with van der Waals surface area (Å²) in [5.74, 6) is -0.713. The Morgan fingerprint density at radius 1 is 1.45 bits per heavy atom. The first kappa shape index (κ1) is 18.9. The van der Waals surface area contributed by atoms with Crippen LogP contribution in [0, 0.1) is 11.2 Å². The molecule has 0 aliphatic carbocycles. The van der Waals surface area contributed by atoms with E-state index in [2.05, 4.69) is 21.2 Å². The molecular weight excluding hydrogens is 355 g/mol. The topological polar surface area (TPSA) is 84.6 Å². The van der Waals surface area contributed by atoms with E-state index < -0.39 is 17.6 Å². The second kappa shape index (κ2) is 6.93. The number of carbonyl (C=O) groups is 1. The SMILES string of the molecule is CCOC(=O)Nc1c(F)cc(C(N)(O)CC(C)(C)C)cc1Br. The Bertz CT molecular complexity index is 533. The summed E-state index contributed by atoms with van der Waals surface area (Å²) < 4.78 is 19.2. The summed E-state index contributed by atoms with van der Waals surface area (Å²) in [5, 5.41) is 12.7. The summed E-state index contributed by atoms with van der Waals surface area (Å²) in [6.07, 6.45) is -0.510. The minimum absolute atomic E-state index is 0.0613. The molecule has 1 rings (SSSR count). The van der Waals surface area contributed by atoms with Gasteiger partial charge in [-0.05, 0) is 46.8 Å². The van der Waals surface area contributed by atoms with Crippen molar-refractivity contribution in [3.63, 3.8) is 0 Å². The molecule has 0 saturated heterocycles. The van der Waals surface area contributed by atoms with E-state index in [4.69, 9.17) is 10.5 Å². The third-order valence-corrected chi connectivity index (χ3v) is 3.47. The highest BCUT2D eigenvalue weighted by atomic mass is 79.9. The number of amides is 1. The minimum Gasteiger partial charge on any atom is -0.450 e. The molecule has 0 saturated carbocycles. The van der Waals surface area contributed by atoms with Crippen LogP contribution in [0.4, 0.5) is 14.9 Å². The van der Waals surface area contributed by atoms with Crippen LogP contribution in [-0.2, 0) is 10.5 Å². The van der Waals surface area contributed by atoms with Crippen LogP contribution in [0.2, 0.25) is 0 Å². The summed E-state index contributed by atoms with van der Waals surface area (Å²) in [6.45, 7) is 7.60. The van der Waals surface area contributed by atoms with Gasteiger partial charge in [0.15, 0.2) is 0 Å². The molecule has 0 spiro atoms. The number of nitrogens with one attached hydrogen (secondary N) is 1. The van der Waals surface area contributed by atoms with Gasteiger partial charge in [-0.2, -0.15) is 0 Å². The van der Waals surface area contributed by atoms with Crippen LogP contribution in [0.5, 0.6) is 0 Å². The van der Waals surface area contributed by atoms with Crippen molar-refractivity contribution in [3.8, 4) is 0 Å². The van der Waals surface area contributed by atoms with Crippen molar-refractivity contribution in [1.29, 1.82) is 0 Å². The molecular formula is C15H22BrFN2O3. The van der Waals surface area contributed by atoms with Crippen molar-refractivity contribution in [3.05, 3.63) is 28.0 Å². The van der Waals surface area contributed by atoms with E-state index in [0.29, 0.717) is 0 Å². The molecule has 124 valence electrons. The molecule has 4 N–H and O–H groups in total. The van der Waals surface area contributed by atoms with Crippen molar-refractivity contribution < 1.29 is 19.0 Å². The van der Waals surface area contributed by atoms with Crippen molar-refractivity contribution in [2.75, 3.05) is 11.9 Å². The van der Waals surface area contributed by atoms with Crippen molar-refractivity contribution in [2.45, 2.75) is 39.8 Å². The number of aliphatic hydroxyl groups is 1. The van der Waals surface area contributed by atoms with Gasteiger partial charge in [-0.15, -0.1) is 0 Å². The fourth-order valence-corrected chi connectivity index (χ4v) is 2.66. The molecule has 1 aromatic rings. The number of ether oxygens (including phenoxy) is 1. The van der Waals surface area contributed by atoms with Crippen LogP contribution in [0.1, 0.15) is 39.7 Å². The Hall–Kier alpha value is -1.18. The fraction of sp³-hybridized carbons (Fsp3) is 0.533. The summed E-state index contributed by atoms with van der Waals surface area (Å²) in [6, 6.07) is 2.59. The van der Waals surface area contributed by atoms with E-state index in [1.54, 1.807) is 6.92 Å². The van der Waals surface area contributed by atoms with Gasteiger partial charge < -0.3 is 9.84 Å². The van der Waals surface area contributed by atoms with Gasteiger partial charge in [-0.25, -0.2) is 9.18 Å². The molecule has 0 aliphatic rings. The first-order valence-electron chi connectivity index (χ1n) is 6.91. The Morgan fingerprint density at radius 3 is 2.50 bits per heavy atom. The first-order chi connectivity index (χ1) is 9.96. The summed E-state index contributed by atoms with van der Waals surface area (Å²) in [7, 11) is 0. The molecule has 1 unspecified atom stereocenters. The van der Waals surface area contributed by atoms with E-state index in [9.17, 15) is 14.3 Å². The van der Waals surface area contributed by atoms with Crippen LogP contribution < -0.4 is 11.1 Å². The lowest BCUT2D eigenvalue weighted by Crippen LogP contribution is -2.40. The number of halogens is 2. The van der Waals surface area contributed by atoms with Gasteiger partial charge in [0.25, 0.3) is 0 Å². The zero-order chi connectivity index (χ0) is 17.1. The van der Waals surface area contributed by atoms with E-state index in [0.717, 1.165) is 6.07 Å². The molecule has 0 heterocycles. The number of hydrogen-bond acceptors (Lipinski definition) is 4. The van der Waals surface area contributed by atoms with Crippen LogP contribution in [0.25, 0.3) is 0 Å². The van der Waals surface area contributed by atoms with Gasteiger partial charge in [-0.3, -0.25) is 11.1 Å². The standard InChI is InChI=1S/C15H22BrFN2O3/c1-5-22-13(20)19-12-10(16)6-9(7-11(12)17)15(18,21)8-14(2,3)4/h6-7,21H,5,8,18H2,1-4H3,(H,19,20). The Balaban J connectivity index is 3.10. The number of anilines is 1. The molecule has 1 atom stereocenters. The second-order valence-electron chi connectivity index (χ2n) is 6.32. The number of carbonyl (C=O) groups excluding carboxylic acids is 1. The quantitative estimate of drug-likeness (QED) is 0.699. The van der Waals surface area contributed by atoms with Gasteiger partial charge in [0, 0.05) is 10.0 Å². The van der Waals surface area contributed by atoms with E-state index in [-0.39, 0.29) is 34.2 Å². The molecule has 7 heteroatoms. The highest BCUT2D eigenvalue weighted by Crippen LogP contribution is 2.35. The van der Waals surface area contributed by atoms with Crippen molar-refractivity contribution in [1.82, 2.24) is 0 Å². The fourth-order valence-electron chi connectivity index (χ4n) is 2.12. The Morgan fingerprint density at radius 2 is 2.05 bits per heavy atom. The summed E-state index contributed by atoms with van der Waals surface area (Å²) in [4.78, 5) is 11.4. The average Bonchev–Trinajstić information content (AvgIpc) is 2.30. The lowest BCUT2D eigenvalue weighted by atomic mass is 9.83. The second-order valence-corrected chi connectivity index (χ2v) is 7.18. The van der Waals surface area contributed by atoms with Gasteiger partial charge in [0.05, 0.1) is 12.3 Å². The van der Waals surface area contributed by atoms with Gasteiger partial charge in [0.1, 0.15) is 11.5 Å². The Labute approximate surface area is 138 Å². The number of rotatable bonds is 4. The normalized spacial score (nSPS) is 14.4. The largest absolute Gasteiger partial charge is 0.450 e. The maximum Gasteiger partial charge on any atom is 0.411 e. The highest BCUT2D eigenvalue weighted by Gasteiger charge is 2.31. The van der Waals surface area contributed by atoms with Crippen LogP contribution in [0.15, 0.2) is 16.6 Å². The highest BCUT2D eigenvalue weighted by molar-refractivity contribution is 9.10. The van der Waals surface area contributed by atoms with E-state index >= 15 is 0 Å². The molecule has 1 aromatic carbocycles. The molecule has 1 amide bonds. The van der Waals surface area contributed by atoms with Crippen molar-refractivity contribution in [2.24, 2.45) is 11.1 Å². The number of benzene rings is 1. The predicted molar refractivity (Wildman–Crippen MR) is 86.9 cm³/mol. The molecule has 0 bridgehead atoms. The van der Waals surface area contributed by atoms with Crippen LogP contribution in [-0.4, -0.2) is 17.8 Å². The zero-order valence-electron chi connectivity index (χ0n) is 13.2. The van der Waals surface area contributed by atoms with Crippen LogP contribution >= 0.6 is 15.9 Å². The lowest BCUT2D eigenvalue weighted by molar-refractivity contribution is 0.00262. The molecule has 0 radical (unpaired) electrons. The first-order valence-corrected chi connectivity index (χ1v) is 7.70. The number of nitrogens with two attached hydrogens (primary N) is 1. The lowest BCUT2D eigenvalue weighted by Gasteiger charge is -2.31. The predicted octanol–water partition coefficient (Wildman–Crippen LogP) is 3.70. The molecule has 22 heavy (non-hydrogen) atoms. The van der Waals surface area contributed by atoms with E-state index in [1.165, 1.54) is 6.07 Å². The molecule has 5 nitrogen and oxygen atoms in total. The molecule has 0 aliphatic heterocycles. The van der Waals surface area contributed by atoms with Crippen molar-refractivity contribution >= 4 is 27.7 Å². The third-order valence-electron chi connectivity index (χ3n) is 2.84. The average molecular weight is 377 g/mol. The smallest absolute Gasteiger partial charge is 0.411 e. The monoisotopic (exact) mass is 376 g/mol. The molecule has 0 aromatic heterocycles. The maximum absolute atomic E-state index is 14.2. The molecule has 0 fully saturated rings. The maximum atomic E-state index is 14.2. The Kier molecular flexibility index (Phi) is 5.95. The van der Waals surface area contributed by atoms with E-state index in [1.807, 2.05) is 20.8 Å². The summed E-state index contributed by atoms with van der Waals surface area (Å²) >= 11 is 3.17. The number of hydrogen-bond donors (Lipinski definition) is 3. The third kappa shape index (κ3) is 5.23. The van der Waals surface area contributed by atoms with Crippen LogP contribution in [0.3, 0.4) is 0 Å². The van der Waals surface area contributed by atoms with Gasteiger partial charge in [-0.1, -0.05) is 20.8 Å². The minimum atomic E-state index is -1.68. The van der Waals surface area contributed by atoms with Gasteiger partial charge >= 0.3 is 6.09 Å². The summed E-state index contributed by atoms with van der Waals surface area (Å²) in [5.41, 5.74) is 4.16.